The van der Waals surface area contributed by atoms with Crippen molar-refractivity contribution in [1.82, 2.24) is 5.32 Å². The minimum absolute atomic E-state index is 0.0322. The number of benzene rings is 1. The lowest BCUT2D eigenvalue weighted by molar-refractivity contribution is 0.0928. The van der Waals surface area contributed by atoms with Gasteiger partial charge in [0.15, 0.2) is 0 Å². The molecule has 0 bridgehead atoms. The van der Waals surface area contributed by atoms with Crippen LogP contribution >= 0.6 is 11.6 Å². The molecule has 0 radical (unpaired) electrons. The molecule has 110 valence electrons. The molecule has 0 saturated heterocycles. The minimum atomic E-state index is -0.0322. The van der Waals surface area contributed by atoms with Crippen LogP contribution in [0.1, 0.15) is 56.0 Å². The molecular formula is C17H24ClNO. The Morgan fingerprint density at radius 3 is 2.65 bits per heavy atom. The Bertz CT molecular complexity index is 478. The molecule has 2 nitrogen and oxygen atoms in total. The van der Waals surface area contributed by atoms with Crippen molar-refractivity contribution < 1.29 is 4.79 Å². The predicted octanol–water partition coefficient (Wildman–Crippen LogP) is 4.12. The first kappa shape index (κ1) is 15.4. The molecule has 1 amide bonds. The summed E-state index contributed by atoms with van der Waals surface area (Å²) < 4.78 is 0. The van der Waals surface area contributed by atoms with Gasteiger partial charge < -0.3 is 5.32 Å². The van der Waals surface area contributed by atoms with Crippen LogP contribution in [0.5, 0.6) is 0 Å². The van der Waals surface area contributed by atoms with E-state index >= 15 is 0 Å². The van der Waals surface area contributed by atoms with Gasteiger partial charge >= 0.3 is 0 Å². The van der Waals surface area contributed by atoms with Crippen molar-refractivity contribution in [2.45, 2.75) is 51.5 Å². The molecule has 0 aliphatic heterocycles. The minimum Gasteiger partial charge on any atom is -0.349 e. The highest BCUT2D eigenvalue weighted by Crippen LogP contribution is 2.29. The zero-order valence-electron chi connectivity index (χ0n) is 12.6. The molecule has 1 aromatic carbocycles. The number of carbonyl (C=O) groups excluding carboxylic acids is 1. The molecule has 2 atom stereocenters. The normalized spacial score (nSPS) is 22.8. The van der Waals surface area contributed by atoms with E-state index < -0.39 is 0 Å². The average Bonchev–Trinajstić information content (AvgIpc) is 2.85. The quantitative estimate of drug-likeness (QED) is 0.835. The summed E-state index contributed by atoms with van der Waals surface area (Å²) in [6.07, 6.45) is 3.32. The van der Waals surface area contributed by atoms with Gasteiger partial charge in [0.1, 0.15) is 0 Å². The maximum absolute atomic E-state index is 12.6. The molecular weight excluding hydrogens is 270 g/mol. The van der Waals surface area contributed by atoms with E-state index in [1.165, 1.54) is 0 Å². The number of amides is 1. The van der Waals surface area contributed by atoms with Crippen molar-refractivity contribution in [3.05, 3.63) is 35.4 Å². The van der Waals surface area contributed by atoms with Crippen molar-refractivity contribution in [1.29, 1.82) is 0 Å². The Hall–Kier alpha value is -1.02. The topological polar surface area (TPSA) is 29.1 Å². The summed E-state index contributed by atoms with van der Waals surface area (Å²) in [5, 5.41) is 3.19. The summed E-state index contributed by atoms with van der Waals surface area (Å²) >= 11 is 5.98. The first-order chi connectivity index (χ1) is 9.43. The average molecular weight is 294 g/mol. The van der Waals surface area contributed by atoms with E-state index in [1.54, 1.807) is 0 Å². The highest BCUT2D eigenvalue weighted by molar-refractivity contribution is 6.18. The molecule has 2 rings (SSSR count). The second kappa shape index (κ2) is 6.17. The standard InChI is InChI=1S/C17H24ClNO/c1-17(2,3)14-9-5-4-8-13(14)16(20)19-15-10-6-7-12(15)11-18/h4-5,8-9,12,15H,6-7,10-11H2,1-3H3,(H,19,20). The largest absolute Gasteiger partial charge is 0.349 e. The number of hydrogen-bond acceptors (Lipinski definition) is 1. The third kappa shape index (κ3) is 3.35. The first-order valence-corrected chi connectivity index (χ1v) is 7.93. The van der Waals surface area contributed by atoms with Gasteiger partial charge in [0.25, 0.3) is 5.91 Å². The van der Waals surface area contributed by atoms with Crippen molar-refractivity contribution in [2.24, 2.45) is 5.92 Å². The highest BCUT2D eigenvalue weighted by Gasteiger charge is 2.29. The van der Waals surface area contributed by atoms with Crippen LogP contribution in [0.3, 0.4) is 0 Å². The fraction of sp³-hybridized carbons (Fsp3) is 0.588. The molecule has 1 saturated carbocycles. The fourth-order valence-corrected chi connectivity index (χ4v) is 3.36. The van der Waals surface area contributed by atoms with Crippen LogP contribution in [0.2, 0.25) is 0 Å². The van der Waals surface area contributed by atoms with Crippen molar-refractivity contribution in [3.8, 4) is 0 Å². The predicted molar refractivity (Wildman–Crippen MR) is 84.5 cm³/mol. The maximum atomic E-state index is 12.6. The molecule has 0 aromatic heterocycles. The second-order valence-corrected chi connectivity index (χ2v) is 7.03. The van der Waals surface area contributed by atoms with Gasteiger partial charge in [0, 0.05) is 17.5 Å². The summed E-state index contributed by atoms with van der Waals surface area (Å²) in [5.41, 5.74) is 1.85. The summed E-state index contributed by atoms with van der Waals surface area (Å²) in [5.74, 6) is 1.09. The lowest BCUT2D eigenvalue weighted by atomic mass is 9.83. The smallest absolute Gasteiger partial charge is 0.251 e. The van der Waals surface area contributed by atoms with Gasteiger partial charge in [-0.3, -0.25) is 4.79 Å². The monoisotopic (exact) mass is 293 g/mol. The van der Waals surface area contributed by atoms with Gasteiger partial charge in [-0.1, -0.05) is 45.4 Å². The van der Waals surface area contributed by atoms with Crippen LogP contribution in [-0.2, 0) is 5.41 Å². The van der Waals surface area contributed by atoms with Crippen molar-refractivity contribution >= 4 is 17.5 Å². The van der Waals surface area contributed by atoms with Gasteiger partial charge in [0.2, 0.25) is 0 Å². The number of alkyl halides is 1. The number of carbonyl (C=O) groups is 1. The summed E-state index contributed by atoms with van der Waals surface area (Å²) in [7, 11) is 0. The van der Waals surface area contributed by atoms with E-state index in [9.17, 15) is 4.79 Å². The molecule has 2 unspecified atom stereocenters. The number of rotatable bonds is 3. The molecule has 1 aromatic rings. The molecule has 3 heteroatoms. The van der Waals surface area contributed by atoms with Gasteiger partial charge in [-0.15, -0.1) is 11.6 Å². The zero-order valence-corrected chi connectivity index (χ0v) is 13.3. The Morgan fingerprint density at radius 1 is 1.30 bits per heavy atom. The van der Waals surface area contributed by atoms with Crippen LogP contribution < -0.4 is 5.32 Å². The Kier molecular flexibility index (Phi) is 4.74. The second-order valence-electron chi connectivity index (χ2n) is 6.72. The first-order valence-electron chi connectivity index (χ1n) is 7.40. The van der Waals surface area contributed by atoms with Crippen LogP contribution in [0.4, 0.5) is 0 Å². The number of hydrogen-bond donors (Lipinski definition) is 1. The van der Waals surface area contributed by atoms with E-state index in [2.05, 4.69) is 26.1 Å². The third-order valence-corrected chi connectivity index (χ3v) is 4.55. The molecule has 1 fully saturated rings. The van der Waals surface area contributed by atoms with Crippen LogP contribution in [-0.4, -0.2) is 17.8 Å². The van der Waals surface area contributed by atoms with Crippen LogP contribution in [0.15, 0.2) is 24.3 Å². The van der Waals surface area contributed by atoms with E-state index in [0.717, 1.165) is 30.4 Å². The summed E-state index contributed by atoms with van der Waals surface area (Å²) in [4.78, 5) is 12.6. The summed E-state index contributed by atoms with van der Waals surface area (Å²) in [6.45, 7) is 6.41. The number of halogens is 1. The van der Waals surface area contributed by atoms with Crippen molar-refractivity contribution in [3.63, 3.8) is 0 Å². The lowest BCUT2D eigenvalue weighted by Crippen LogP contribution is -2.38. The lowest BCUT2D eigenvalue weighted by Gasteiger charge is -2.24. The molecule has 20 heavy (non-hydrogen) atoms. The Labute approximate surface area is 126 Å². The molecule has 0 heterocycles. The van der Waals surface area contributed by atoms with Gasteiger partial charge in [-0.05, 0) is 35.8 Å². The van der Waals surface area contributed by atoms with Gasteiger partial charge in [0.05, 0.1) is 0 Å². The van der Waals surface area contributed by atoms with Crippen LogP contribution in [0, 0.1) is 5.92 Å². The SMILES string of the molecule is CC(C)(C)c1ccccc1C(=O)NC1CCCC1CCl. The fourth-order valence-electron chi connectivity index (χ4n) is 2.99. The van der Waals surface area contributed by atoms with E-state index in [-0.39, 0.29) is 17.4 Å². The molecule has 1 aliphatic carbocycles. The maximum Gasteiger partial charge on any atom is 0.251 e. The molecule has 1 N–H and O–H groups in total. The van der Waals surface area contributed by atoms with Gasteiger partial charge in [-0.25, -0.2) is 0 Å². The Balaban J connectivity index is 2.18. The zero-order chi connectivity index (χ0) is 14.8. The number of nitrogens with one attached hydrogen (secondary N) is 1. The highest BCUT2D eigenvalue weighted by atomic mass is 35.5. The van der Waals surface area contributed by atoms with E-state index in [0.29, 0.717) is 11.8 Å². The summed E-state index contributed by atoms with van der Waals surface area (Å²) in [6, 6.07) is 8.11. The van der Waals surface area contributed by atoms with Crippen LogP contribution in [0.25, 0.3) is 0 Å². The third-order valence-electron chi connectivity index (χ3n) is 4.15. The van der Waals surface area contributed by atoms with E-state index in [4.69, 9.17) is 11.6 Å². The molecule has 1 aliphatic rings. The van der Waals surface area contributed by atoms with Gasteiger partial charge in [-0.2, -0.15) is 0 Å². The molecule has 0 spiro atoms. The Morgan fingerprint density at radius 2 is 2.00 bits per heavy atom. The van der Waals surface area contributed by atoms with Crippen molar-refractivity contribution in [2.75, 3.05) is 5.88 Å². The van der Waals surface area contributed by atoms with E-state index in [1.807, 2.05) is 24.3 Å².